The van der Waals surface area contributed by atoms with Crippen molar-refractivity contribution in [3.63, 3.8) is 0 Å². The smallest absolute Gasteiger partial charge is 0.0489 e. The van der Waals surface area contributed by atoms with Gasteiger partial charge in [0.25, 0.3) is 0 Å². The topological polar surface area (TPSA) is 17.8 Å². The molecule has 1 heterocycles. The van der Waals surface area contributed by atoms with Crippen LogP contribution >= 0.6 is 22.6 Å². The Bertz CT molecular complexity index is 209. The highest BCUT2D eigenvalue weighted by Gasteiger charge is 2.01. The molecule has 0 spiro atoms. The molecule has 0 aliphatic heterocycles. The molecule has 0 aliphatic carbocycles. The number of nitrogens with zero attached hydrogens (tertiary/aromatic N) is 2. The molecule has 0 saturated carbocycles. The molecule has 0 saturated heterocycles. The molecule has 1 aromatic heterocycles. The zero-order valence-electron chi connectivity index (χ0n) is 8.12. The summed E-state index contributed by atoms with van der Waals surface area (Å²) in [7, 11) is 0. The number of alkyl halides is 1. The fourth-order valence-electron chi connectivity index (χ4n) is 1.37. The Kier molecular flexibility index (Phi) is 5.43. The Morgan fingerprint density at radius 1 is 1.46 bits per heavy atom. The summed E-state index contributed by atoms with van der Waals surface area (Å²) >= 11 is 2.55. The van der Waals surface area contributed by atoms with Crippen LogP contribution in [0.5, 0.6) is 0 Å². The fourth-order valence-corrected chi connectivity index (χ4v) is 2.43. The Balaban J connectivity index is 2.07. The van der Waals surface area contributed by atoms with Gasteiger partial charge in [0, 0.05) is 22.9 Å². The molecule has 13 heavy (non-hydrogen) atoms. The molecule has 1 rings (SSSR count). The second-order valence-electron chi connectivity index (χ2n) is 3.30. The van der Waals surface area contributed by atoms with Crippen LogP contribution in [0.1, 0.15) is 32.6 Å². The summed E-state index contributed by atoms with van der Waals surface area (Å²) in [5.41, 5.74) is 0. The van der Waals surface area contributed by atoms with E-state index in [9.17, 15) is 0 Å². The summed E-state index contributed by atoms with van der Waals surface area (Å²) in [5, 5.41) is 4.17. The molecule has 1 unspecified atom stereocenters. The number of hydrogen-bond donors (Lipinski definition) is 0. The lowest BCUT2D eigenvalue weighted by Gasteiger charge is -2.07. The Hall–Kier alpha value is -0.0600. The van der Waals surface area contributed by atoms with E-state index < -0.39 is 0 Å². The monoisotopic (exact) mass is 292 g/mol. The van der Waals surface area contributed by atoms with Gasteiger partial charge < -0.3 is 0 Å². The van der Waals surface area contributed by atoms with Crippen molar-refractivity contribution in [3.8, 4) is 0 Å². The predicted molar refractivity (Wildman–Crippen MR) is 64.2 cm³/mol. The fraction of sp³-hybridized carbons (Fsp3) is 0.700. The lowest BCUT2D eigenvalue weighted by molar-refractivity contribution is 0.545. The second kappa shape index (κ2) is 6.40. The molecular formula is C10H17IN2. The lowest BCUT2D eigenvalue weighted by atomic mass is 10.1. The van der Waals surface area contributed by atoms with Crippen molar-refractivity contribution in [3.05, 3.63) is 18.5 Å². The third-order valence-electron chi connectivity index (χ3n) is 2.07. The van der Waals surface area contributed by atoms with Crippen LogP contribution in [0, 0.1) is 0 Å². The van der Waals surface area contributed by atoms with Crippen molar-refractivity contribution in [2.24, 2.45) is 0 Å². The average molecular weight is 292 g/mol. The minimum absolute atomic E-state index is 0.846. The SMILES string of the molecule is CCCC(I)CCCn1cccn1. The van der Waals surface area contributed by atoms with E-state index in [0.717, 1.165) is 10.5 Å². The summed E-state index contributed by atoms with van der Waals surface area (Å²) in [6.07, 6.45) is 9.08. The number of aryl methyl sites for hydroxylation is 1. The van der Waals surface area contributed by atoms with Gasteiger partial charge in [0.15, 0.2) is 0 Å². The molecule has 0 bridgehead atoms. The first-order valence-corrected chi connectivity index (χ1v) is 6.19. The van der Waals surface area contributed by atoms with E-state index in [-0.39, 0.29) is 0 Å². The minimum Gasteiger partial charge on any atom is -0.273 e. The quantitative estimate of drug-likeness (QED) is 0.581. The van der Waals surface area contributed by atoms with Crippen LogP contribution in [0.3, 0.4) is 0 Å². The summed E-state index contributed by atoms with van der Waals surface area (Å²) in [6, 6.07) is 1.98. The third-order valence-corrected chi connectivity index (χ3v) is 3.31. The molecule has 2 nitrogen and oxygen atoms in total. The number of hydrogen-bond acceptors (Lipinski definition) is 1. The molecule has 0 radical (unpaired) electrons. The van der Waals surface area contributed by atoms with Crippen LogP contribution < -0.4 is 0 Å². The van der Waals surface area contributed by atoms with Gasteiger partial charge in [-0.05, 0) is 25.3 Å². The first-order valence-electron chi connectivity index (χ1n) is 4.94. The molecule has 74 valence electrons. The van der Waals surface area contributed by atoms with E-state index in [1.54, 1.807) is 0 Å². The van der Waals surface area contributed by atoms with E-state index in [0.29, 0.717) is 0 Å². The van der Waals surface area contributed by atoms with Crippen LogP contribution in [0.4, 0.5) is 0 Å². The normalized spacial score (nSPS) is 13.1. The van der Waals surface area contributed by atoms with Gasteiger partial charge in [0.1, 0.15) is 0 Å². The molecule has 1 atom stereocenters. The first-order chi connectivity index (χ1) is 6.33. The van der Waals surface area contributed by atoms with E-state index in [4.69, 9.17) is 0 Å². The van der Waals surface area contributed by atoms with Crippen molar-refractivity contribution in [2.75, 3.05) is 0 Å². The zero-order chi connectivity index (χ0) is 9.52. The maximum absolute atomic E-state index is 4.17. The van der Waals surface area contributed by atoms with E-state index in [2.05, 4.69) is 34.6 Å². The average Bonchev–Trinajstić information content (AvgIpc) is 2.57. The summed E-state index contributed by atoms with van der Waals surface area (Å²) in [4.78, 5) is 0. The second-order valence-corrected chi connectivity index (χ2v) is 5.06. The van der Waals surface area contributed by atoms with Crippen LogP contribution in [0.2, 0.25) is 0 Å². The van der Waals surface area contributed by atoms with E-state index >= 15 is 0 Å². The highest BCUT2D eigenvalue weighted by atomic mass is 127. The molecule has 0 aromatic carbocycles. The first kappa shape index (κ1) is 11.0. The van der Waals surface area contributed by atoms with Crippen molar-refractivity contribution in [1.29, 1.82) is 0 Å². The van der Waals surface area contributed by atoms with Gasteiger partial charge in [-0.3, -0.25) is 4.68 Å². The van der Waals surface area contributed by atoms with Crippen LogP contribution in [0.25, 0.3) is 0 Å². The molecule has 0 N–H and O–H groups in total. The van der Waals surface area contributed by atoms with E-state index in [1.165, 1.54) is 25.7 Å². The Labute approximate surface area is 93.9 Å². The Morgan fingerprint density at radius 2 is 2.31 bits per heavy atom. The van der Waals surface area contributed by atoms with Gasteiger partial charge in [-0.1, -0.05) is 35.9 Å². The van der Waals surface area contributed by atoms with Gasteiger partial charge in [0.05, 0.1) is 0 Å². The van der Waals surface area contributed by atoms with Crippen molar-refractivity contribution in [2.45, 2.75) is 43.1 Å². The molecule has 3 heteroatoms. The van der Waals surface area contributed by atoms with Gasteiger partial charge in [-0.15, -0.1) is 0 Å². The van der Waals surface area contributed by atoms with Gasteiger partial charge in [0.2, 0.25) is 0 Å². The largest absolute Gasteiger partial charge is 0.273 e. The number of rotatable bonds is 6. The van der Waals surface area contributed by atoms with Crippen molar-refractivity contribution >= 4 is 22.6 Å². The van der Waals surface area contributed by atoms with Crippen molar-refractivity contribution in [1.82, 2.24) is 9.78 Å². The van der Waals surface area contributed by atoms with Gasteiger partial charge in [-0.2, -0.15) is 5.10 Å². The van der Waals surface area contributed by atoms with E-state index in [1.807, 2.05) is 23.1 Å². The Morgan fingerprint density at radius 3 is 2.92 bits per heavy atom. The molecular weight excluding hydrogens is 275 g/mol. The van der Waals surface area contributed by atoms with Crippen LogP contribution in [0.15, 0.2) is 18.5 Å². The lowest BCUT2D eigenvalue weighted by Crippen LogP contribution is -2.02. The van der Waals surface area contributed by atoms with Crippen molar-refractivity contribution < 1.29 is 0 Å². The standard InChI is InChI=1S/C10H17IN2/c1-2-5-10(11)6-3-8-13-9-4-7-12-13/h4,7,9-10H,2-3,5-6,8H2,1H3. The molecule has 0 aliphatic rings. The maximum atomic E-state index is 4.17. The highest BCUT2D eigenvalue weighted by Crippen LogP contribution is 2.15. The van der Waals surface area contributed by atoms with Crippen LogP contribution in [-0.2, 0) is 6.54 Å². The maximum Gasteiger partial charge on any atom is 0.0489 e. The zero-order valence-corrected chi connectivity index (χ0v) is 10.3. The summed E-state index contributed by atoms with van der Waals surface area (Å²) in [5.74, 6) is 0. The number of halogens is 1. The van der Waals surface area contributed by atoms with Gasteiger partial charge >= 0.3 is 0 Å². The van der Waals surface area contributed by atoms with Gasteiger partial charge in [-0.25, -0.2) is 0 Å². The van der Waals surface area contributed by atoms with Crippen LogP contribution in [-0.4, -0.2) is 13.7 Å². The molecule has 1 aromatic rings. The molecule has 0 fully saturated rings. The number of aromatic nitrogens is 2. The summed E-state index contributed by atoms with van der Waals surface area (Å²) < 4.78 is 2.85. The highest BCUT2D eigenvalue weighted by molar-refractivity contribution is 14.1. The third kappa shape index (κ3) is 4.64. The summed E-state index contributed by atoms with van der Waals surface area (Å²) in [6.45, 7) is 3.31. The minimum atomic E-state index is 0.846. The predicted octanol–water partition coefficient (Wildman–Crippen LogP) is 3.27. The molecule has 0 amide bonds.